The first-order valence-electron chi connectivity index (χ1n) is 6.86. The summed E-state index contributed by atoms with van der Waals surface area (Å²) in [6.45, 7) is 8.80. The molecule has 0 aliphatic carbocycles. The Morgan fingerprint density at radius 2 is 1.89 bits per heavy atom. The van der Waals surface area contributed by atoms with Gasteiger partial charge in [0.15, 0.2) is 11.5 Å². The minimum absolute atomic E-state index is 0.185. The average molecular weight is 261 g/mol. The molecule has 0 unspecified atom stereocenters. The molecule has 3 heteroatoms. The van der Waals surface area contributed by atoms with Crippen molar-refractivity contribution in [1.29, 1.82) is 0 Å². The predicted octanol–water partition coefficient (Wildman–Crippen LogP) is 3.25. The molecule has 3 nitrogen and oxygen atoms in total. The average Bonchev–Trinajstić information content (AvgIpc) is 2.37. The topological polar surface area (TPSA) is 30.5 Å². The monoisotopic (exact) mass is 261 g/mol. The first-order chi connectivity index (χ1) is 9.04. The third-order valence-electron chi connectivity index (χ3n) is 2.84. The van der Waals surface area contributed by atoms with E-state index in [2.05, 4.69) is 44.3 Å². The van der Waals surface area contributed by atoms with Gasteiger partial charge in [-0.3, -0.25) is 0 Å². The molecule has 0 atom stereocenters. The van der Waals surface area contributed by atoms with E-state index in [4.69, 9.17) is 9.47 Å². The van der Waals surface area contributed by atoms with Gasteiger partial charge in [-0.2, -0.15) is 0 Å². The molecule has 0 saturated heterocycles. The van der Waals surface area contributed by atoms with Crippen molar-refractivity contribution in [2.45, 2.75) is 32.7 Å². The van der Waals surface area contributed by atoms with Gasteiger partial charge in [-0.1, -0.05) is 18.2 Å². The van der Waals surface area contributed by atoms with E-state index >= 15 is 0 Å². The van der Waals surface area contributed by atoms with Crippen LogP contribution in [0, 0.1) is 0 Å². The maximum absolute atomic E-state index is 5.57. The Labute approximate surface area is 115 Å². The van der Waals surface area contributed by atoms with E-state index in [9.17, 15) is 0 Å². The molecule has 1 aliphatic rings. The van der Waals surface area contributed by atoms with Crippen LogP contribution in [0.3, 0.4) is 0 Å². The number of fused-ring (bicyclic) bond motifs is 1. The second kappa shape index (κ2) is 6.11. The van der Waals surface area contributed by atoms with Crippen LogP contribution in [-0.4, -0.2) is 25.3 Å². The van der Waals surface area contributed by atoms with E-state index in [1.54, 1.807) is 0 Å². The lowest BCUT2D eigenvalue weighted by atomic mass is 10.1. The maximum Gasteiger partial charge on any atom is 0.161 e. The molecule has 0 bridgehead atoms. The molecular formula is C16H23NO2. The zero-order valence-corrected chi connectivity index (χ0v) is 12.0. The molecule has 0 saturated carbocycles. The fraction of sp³-hybridized carbons (Fsp3) is 0.500. The highest BCUT2D eigenvalue weighted by atomic mass is 16.6. The quantitative estimate of drug-likeness (QED) is 0.844. The number of benzene rings is 1. The maximum atomic E-state index is 5.57. The predicted molar refractivity (Wildman–Crippen MR) is 78.8 cm³/mol. The number of rotatable bonds is 4. The zero-order chi connectivity index (χ0) is 13.7. The molecule has 0 radical (unpaired) electrons. The van der Waals surface area contributed by atoms with E-state index in [0.29, 0.717) is 13.2 Å². The highest BCUT2D eigenvalue weighted by Crippen LogP contribution is 2.31. The molecule has 1 heterocycles. The summed E-state index contributed by atoms with van der Waals surface area (Å²) in [4.78, 5) is 0. The van der Waals surface area contributed by atoms with Crippen molar-refractivity contribution in [2.75, 3.05) is 19.8 Å². The summed E-state index contributed by atoms with van der Waals surface area (Å²) in [5.74, 6) is 1.69. The van der Waals surface area contributed by atoms with Gasteiger partial charge in [0.25, 0.3) is 0 Å². The molecule has 1 aromatic carbocycles. The van der Waals surface area contributed by atoms with Gasteiger partial charge in [-0.05, 0) is 51.4 Å². The smallest absolute Gasteiger partial charge is 0.161 e. The standard InChI is InChI=1S/C16H23NO2/c1-16(2,3)17-9-5-4-6-13-7-8-14-15(12-13)19-11-10-18-14/h4,6-8,12,17H,5,9-11H2,1-3H3. The van der Waals surface area contributed by atoms with E-state index in [0.717, 1.165) is 30.0 Å². The lowest BCUT2D eigenvalue weighted by molar-refractivity contribution is 0.171. The van der Waals surface area contributed by atoms with Crippen molar-refractivity contribution in [3.05, 3.63) is 29.8 Å². The van der Waals surface area contributed by atoms with Gasteiger partial charge in [-0.15, -0.1) is 0 Å². The summed E-state index contributed by atoms with van der Waals surface area (Å²) in [6.07, 6.45) is 5.33. The molecule has 1 aromatic rings. The van der Waals surface area contributed by atoms with E-state index in [1.807, 2.05) is 12.1 Å². The summed E-state index contributed by atoms with van der Waals surface area (Å²) in [6, 6.07) is 6.06. The van der Waals surface area contributed by atoms with Gasteiger partial charge in [0, 0.05) is 5.54 Å². The van der Waals surface area contributed by atoms with E-state index < -0.39 is 0 Å². The van der Waals surface area contributed by atoms with Crippen LogP contribution in [0.1, 0.15) is 32.8 Å². The Balaban J connectivity index is 1.85. The van der Waals surface area contributed by atoms with Crippen LogP contribution < -0.4 is 14.8 Å². The minimum Gasteiger partial charge on any atom is -0.486 e. The van der Waals surface area contributed by atoms with Crippen LogP contribution in [0.2, 0.25) is 0 Å². The Morgan fingerprint density at radius 1 is 1.16 bits per heavy atom. The Bertz CT molecular complexity index is 447. The molecular weight excluding hydrogens is 238 g/mol. The van der Waals surface area contributed by atoms with Gasteiger partial charge < -0.3 is 14.8 Å². The first-order valence-corrected chi connectivity index (χ1v) is 6.86. The van der Waals surface area contributed by atoms with Crippen molar-refractivity contribution in [3.8, 4) is 11.5 Å². The van der Waals surface area contributed by atoms with Crippen molar-refractivity contribution < 1.29 is 9.47 Å². The molecule has 0 spiro atoms. The molecule has 0 amide bonds. The fourth-order valence-corrected chi connectivity index (χ4v) is 1.91. The molecule has 104 valence electrons. The molecule has 19 heavy (non-hydrogen) atoms. The van der Waals surface area contributed by atoms with Gasteiger partial charge in [0.1, 0.15) is 13.2 Å². The van der Waals surface area contributed by atoms with Crippen LogP contribution in [0.4, 0.5) is 0 Å². The van der Waals surface area contributed by atoms with Crippen LogP contribution >= 0.6 is 0 Å². The third-order valence-corrected chi connectivity index (χ3v) is 2.84. The minimum atomic E-state index is 0.185. The molecule has 0 aromatic heterocycles. The van der Waals surface area contributed by atoms with Crippen LogP contribution in [0.15, 0.2) is 24.3 Å². The number of nitrogens with one attached hydrogen (secondary N) is 1. The van der Waals surface area contributed by atoms with Crippen molar-refractivity contribution in [1.82, 2.24) is 5.32 Å². The summed E-state index contributed by atoms with van der Waals surface area (Å²) in [5.41, 5.74) is 1.34. The van der Waals surface area contributed by atoms with Gasteiger partial charge in [-0.25, -0.2) is 0 Å². The SMILES string of the molecule is CC(C)(C)NCCC=Cc1ccc2c(c1)OCCO2. The largest absolute Gasteiger partial charge is 0.486 e. The van der Waals surface area contributed by atoms with Gasteiger partial charge in [0.05, 0.1) is 0 Å². The fourth-order valence-electron chi connectivity index (χ4n) is 1.91. The Morgan fingerprint density at radius 3 is 2.63 bits per heavy atom. The molecule has 2 rings (SSSR count). The van der Waals surface area contributed by atoms with E-state index in [1.165, 1.54) is 0 Å². The lowest BCUT2D eigenvalue weighted by Crippen LogP contribution is -2.36. The molecule has 0 fully saturated rings. The van der Waals surface area contributed by atoms with Crippen molar-refractivity contribution in [2.24, 2.45) is 0 Å². The summed E-state index contributed by atoms with van der Waals surface area (Å²) < 4.78 is 11.1. The third kappa shape index (κ3) is 4.60. The van der Waals surface area contributed by atoms with E-state index in [-0.39, 0.29) is 5.54 Å². The first kappa shape index (κ1) is 13.9. The number of hydrogen-bond donors (Lipinski definition) is 1. The van der Waals surface area contributed by atoms with Crippen LogP contribution in [-0.2, 0) is 0 Å². The van der Waals surface area contributed by atoms with Crippen molar-refractivity contribution in [3.63, 3.8) is 0 Å². The summed E-state index contributed by atoms with van der Waals surface area (Å²) in [7, 11) is 0. The Kier molecular flexibility index (Phi) is 4.48. The Hall–Kier alpha value is -1.48. The highest BCUT2D eigenvalue weighted by molar-refractivity contribution is 5.56. The van der Waals surface area contributed by atoms with Crippen LogP contribution in [0.5, 0.6) is 11.5 Å². The van der Waals surface area contributed by atoms with Gasteiger partial charge >= 0.3 is 0 Å². The van der Waals surface area contributed by atoms with Gasteiger partial charge in [0.2, 0.25) is 0 Å². The lowest BCUT2D eigenvalue weighted by Gasteiger charge is -2.19. The summed E-state index contributed by atoms with van der Waals surface area (Å²) >= 11 is 0. The number of hydrogen-bond acceptors (Lipinski definition) is 3. The second-order valence-corrected chi connectivity index (χ2v) is 5.77. The van der Waals surface area contributed by atoms with Crippen LogP contribution in [0.25, 0.3) is 6.08 Å². The summed E-state index contributed by atoms with van der Waals surface area (Å²) in [5, 5.41) is 3.46. The highest BCUT2D eigenvalue weighted by Gasteiger charge is 2.10. The number of ether oxygens (including phenoxy) is 2. The molecule has 1 aliphatic heterocycles. The zero-order valence-electron chi connectivity index (χ0n) is 12.0. The normalized spacial score (nSPS) is 14.9. The molecule has 1 N–H and O–H groups in total. The van der Waals surface area contributed by atoms with Crippen molar-refractivity contribution >= 4 is 6.08 Å². The second-order valence-electron chi connectivity index (χ2n) is 5.77.